The summed E-state index contributed by atoms with van der Waals surface area (Å²) >= 11 is 2.80. The minimum Gasteiger partial charge on any atom is -0.379 e. The van der Waals surface area contributed by atoms with Crippen LogP contribution in [-0.2, 0) is 19.4 Å². The number of thioether (sulfide) groups is 1. The highest BCUT2D eigenvalue weighted by Crippen LogP contribution is 2.30. The number of rotatable bonds is 10. The van der Waals surface area contributed by atoms with Gasteiger partial charge in [0.15, 0.2) is 15.0 Å². The minimum absolute atomic E-state index is 0.0200. The van der Waals surface area contributed by atoms with Gasteiger partial charge in [0.2, 0.25) is 0 Å². The lowest BCUT2D eigenvalue weighted by Crippen LogP contribution is -2.38. The van der Waals surface area contributed by atoms with Crippen molar-refractivity contribution in [3.63, 3.8) is 0 Å². The first-order valence-electron chi connectivity index (χ1n) is 10.5. The van der Waals surface area contributed by atoms with Gasteiger partial charge in [0.1, 0.15) is 0 Å². The molecular formula is C23H29NO4S3. The molecule has 2 aromatic rings. The van der Waals surface area contributed by atoms with Gasteiger partial charge in [0.25, 0.3) is 0 Å². The third-order valence-electron chi connectivity index (χ3n) is 5.19. The molecule has 1 atom stereocenters. The zero-order chi connectivity index (χ0) is 22.1. The molecule has 1 saturated heterocycles. The summed E-state index contributed by atoms with van der Waals surface area (Å²) < 4.78 is 32.2. The molecule has 0 aliphatic carbocycles. The van der Waals surface area contributed by atoms with E-state index in [2.05, 4.69) is 4.90 Å². The van der Waals surface area contributed by atoms with Crippen LogP contribution in [0.5, 0.6) is 0 Å². The summed E-state index contributed by atoms with van der Waals surface area (Å²) in [6.45, 7) is 5.29. The van der Waals surface area contributed by atoms with Crippen molar-refractivity contribution in [2.45, 2.75) is 39.7 Å². The van der Waals surface area contributed by atoms with Crippen LogP contribution in [0.25, 0.3) is 0 Å². The monoisotopic (exact) mass is 479 g/mol. The van der Waals surface area contributed by atoms with Crippen LogP contribution in [-0.4, -0.2) is 62.3 Å². The van der Waals surface area contributed by atoms with E-state index in [9.17, 15) is 13.2 Å². The quantitative estimate of drug-likeness (QED) is 0.501. The molecule has 8 heteroatoms. The number of nitrogens with zero attached hydrogens (tertiary/aromatic N) is 1. The molecule has 0 saturated carbocycles. The van der Waals surface area contributed by atoms with Gasteiger partial charge in [-0.05, 0) is 55.8 Å². The molecule has 1 fully saturated rings. The van der Waals surface area contributed by atoms with Crippen LogP contribution in [0.3, 0.4) is 0 Å². The van der Waals surface area contributed by atoms with Crippen LogP contribution in [0.15, 0.2) is 69.3 Å². The molecule has 1 unspecified atom stereocenters. The average molecular weight is 480 g/mol. The Morgan fingerprint density at radius 2 is 1.65 bits per heavy atom. The van der Waals surface area contributed by atoms with E-state index in [-0.39, 0.29) is 5.12 Å². The number of benzene rings is 2. The van der Waals surface area contributed by atoms with Gasteiger partial charge in [-0.2, -0.15) is 0 Å². The maximum Gasteiger partial charge on any atom is 0.185 e. The summed E-state index contributed by atoms with van der Waals surface area (Å²) in [5, 5.41) is -0.485. The first-order chi connectivity index (χ1) is 14.9. The van der Waals surface area contributed by atoms with Crippen LogP contribution in [0.1, 0.15) is 19.8 Å². The summed E-state index contributed by atoms with van der Waals surface area (Å²) in [6, 6.07) is 17.2. The number of hydrogen-bond donors (Lipinski definition) is 0. The van der Waals surface area contributed by atoms with Crippen molar-refractivity contribution in [3.05, 3.63) is 54.6 Å². The Morgan fingerprint density at radius 3 is 2.29 bits per heavy atom. The van der Waals surface area contributed by atoms with Crippen LogP contribution in [0.4, 0.5) is 0 Å². The smallest absolute Gasteiger partial charge is 0.185 e. The lowest BCUT2D eigenvalue weighted by atomic mass is 10.2. The van der Waals surface area contributed by atoms with Crippen molar-refractivity contribution in [1.82, 2.24) is 4.90 Å². The average Bonchev–Trinajstić information content (AvgIpc) is 2.77. The summed E-state index contributed by atoms with van der Waals surface area (Å²) in [5.41, 5.74) is 0. The lowest BCUT2D eigenvalue weighted by molar-refractivity contribution is -0.109. The molecule has 31 heavy (non-hydrogen) atoms. The second-order valence-electron chi connectivity index (χ2n) is 7.42. The number of hydrogen-bond acceptors (Lipinski definition) is 7. The second kappa shape index (κ2) is 12.1. The Labute approximate surface area is 193 Å². The third kappa shape index (κ3) is 7.64. The SMILES string of the molecule is CC(=O)SCCC(CCN1CCOCC1)S(=O)(=O)c1ccc(Sc2ccccc2)cc1. The molecular weight excluding hydrogens is 450 g/mol. The summed E-state index contributed by atoms with van der Waals surface area (Å²) in [5.74, 6) is 0.518. The van der Waals surface area contributed by atoms with Gasteiger partial charge in [0.05, 0.1) is 23.4 Å². The van der Waals surface area contributed by atoms with Crippen LogP contribution < -0.4 is 0 Å². The van der Waals surface area contributed by atoms with Gasteiger partial charge in [-0.15, -0.1) is 0 Å². The van der Waals surface area contributed by atoms with Gasteiger partial charge in [-0.25, -0.2) is 8.42 Å². The molecule has 0 aromatic heterocycles. The first-order valence-corrected chi connectivity index (χ1v) is 13.8. The Bertz CT molecular complexity index is 927. The van der Waals surface area contributed by atoms with Crippen LogP contribution >= 0.6 is 23.5 Å². The van der Waals surface area contributed by atoms with Gasteiger partial charge in [0, 0.05) is 35.6 Å². The Balaban J connectivity index is 1.69. The fourth-order valence-corrected chi connectivity index (χ4v) is 6.88. The molecule has 1 heterocycles. The fourth-order valence-electron chi connectivity index (χ4n) is 3.45. The van der Waals surface area contributed by atoms with Gasteiger partial charge in [-0.1, -0.05) is 41.7 Å². The normalized spacial score (nSPS) is 16.2. The molecule has 168 valence electrons. The summed E-state index contributed by atoms with van der Waals surface area (Å²) in [7, 11) is -3.48. The van der Waals surface area contributed by atoms with Crippen LogP contribution in [0.2, 0.25) is 0 Å². The van der Waals surface area contributed by atoms with E-state index < -0.39 is 15.1 Å². The Kier molecular flexibility index (Phi) is 9.47. The topological polar surface area (TPSA) is 63.7 Å². The predicted molar refractivity (Wildman–Crippen MR) is 128 cm³/mol. The fraction of sp³-hybridized carbons (Fsp3) is 0.435. The molecule has 5 nitrogen and oxygen atoms in total. The summed E-state index contributed by atoms with van der Waals surface area (Å²) in [6.07, 6.45) is 1.03. The molecule has 3 rings (SSSR count). The van der Waals surface area contributed by atoms with Crippen molar-refractivity contribution in [2.75, 3.05) is 38.6 Å². The van der Waals surface area contributed by atoms with Crippen molar-refractivity contribution >= 4 is 38.5 Å². The van der Waals surface area contributed by atoms with E-state index in [0.717, 1.165) is 29.4 Å². The predicted octanol–water partition coefficient (Wildman–Crippen LogP) is 4.37. The molecule has 1 aliphatic heterocycles. The highest BCUT2D eigenvalue weighted by molar-refractivity contribution is 8.13. The van der Waals surface area contributed by atoms with Crippen molar-refractivity contribution in [2.24, 2.45) is 0 Å². The van der Waals surface area contributed by atoms with E-state index in [1.54, 1.807) is 23.9 Å². The van der Waals surface area contributed by atoms with E-state index in [0.29, 0.717) is 36.7 Å². The molecule has 0 amide bonds. The molecule has 1 aliphatic rings. The maximum atomic E-state index is 13.4. The van der Waals surface area contributed by atoms with Crippen LogP contribution in [0, 0.1) is 0 Å². The van der Waals surface area contributed by atoms with E-state index in [4.69, 9.17) is 4.74 Å². The number of morpholine rings is 1. The summed E-state index contributed by atoms with van der Waals surface area (Å²) in [4.78, 5) is 16.0. The molecule has 0 bridgehead atoms. The van der Waals surface area contributed by atoms with E-state index >= 15 is 0 Å². The van der Waals surface area contributed by atoms with Gasteiger partial charge in [-0.3, -0.25) is 9.69 Å². The number of carbonyl (C=O) groups excluding carboxylic acids is 1. The highest BCUT2D eigenvalue weighted by atomic mass is 32.2. The van der Waals surface area contributed by atoms with Crippen molar-refractivity contribution in [1.29, 1.82) is 0 Å². The van der Waals surface area contributed by atoms with Crippen molar-refractivity contribution in [3.8, 4) is 0 Å². The number of ether oxygens (including phenoxy) is 1. The molecule has 0 spiro atoms. The van der Waals surface area contributed by atoms with Gasteiger partial charge < -0.3 is 4.74 Å². The number of sulfone groups is 1. The molecule has 0 radical (unpaired) electrons. The zero-order valence-corrected chi connectivity index (χ0v) is 20.2. The lowest BCUT2D eigenvalue weighted by Gasteiger charge is -2.28. The Hall–Kier alpha value is -1.32. The number of carbonyl (C=O) groups is 1. The van der Waals surface area contributed by atoms with E-state index in [1.165, 1.54) is 18.7 Å². The largest absolute Gasteiger partial charge is 0.379 e. The van der Waals surface area contributed by atoms with Crippen molar-refractivity contribution < 1.29 is 17.9 Å². The zero-order valence-electron chi connectivity index (χ0n) is 17.7. The minimum atomic E-state index is -3.48. The maximum absolute atomic E-state index is 13.4. The highest BCUT2D eigenvalue weighted by Gasteiger charge is 2.28. The first kappa shape index (κ1) is 24.3. The molecule has 2 aromatic carbocycles. The Morgan fingerprint density at radius 1 is 1.00 bits per heavy atom. The standard InChI is InChI=1S/C23H29NO4S3/c1-19(25)29-18-12-23(11-13-24-14-16-28-17-15-24)31(26,27)22-9-7-21(8-10-22)30-20-5-3-2-4-6-20/h2-10,23H,11-18H2,1H3. The van der Waals surface area contributed by atoms with Gasteiger partial charge >= 0.3 is 0 Å². The second-order valence-corrected chi connectivity index (χ2v) is 12.1. The third-order valence-corrected chi connectivity index (χ3v) is 9.33. The van der Waals surface area contributed by atoms with E-state index in [1.807, 2.05) is 42.5 Å². The molecule has 0 N–H and O–H groups in total.